The Morgan fingerprint density at radius 2 is 1.83 bits per heavy atom. The molecule has 5 nitrogen and oxygen atoms in total. The van der Waals surface area contributed by atoms with E-state index in [9.17, 15) is 5.11 Å². The Hall–Kier alpha value is -0.810. The summed E-state index contributed by atoms with van der Waals surface area (Å²) in [7, 11) is 0. The monoisotopic (exact) mass is 325 g/mol. The molecule has 2 aliphatic rings. The summed E-state index contributed by atoms with van der Waals surface area (Å²) in [6.07, 6.45) is 11.2. The molecular formula is C18H35N3O2. The second kappa shape index (κ2) is 10.9. The van der Waals surface area contributed by atoms with Gasteiger partial charge in [-0.1, -0.05) is 32.1 Å². The molecule has 0 aromatic carbocycles. The van der Waals surface area contributed by atoms with E-state index in [4.69, 9.17) is 4.74 Å². The topological polar surface area (TPSA) is 65.9 Å². The number of nitrogens with zero attached hydrogens (tertiary/aromatic N) is 1. The van der Waals surface area contributed by atoms with Crippen molar-refractivity contribution in [2.24, 2.45) is 10.9 Å². The van der Waals surface area contributed by atoms with Gasteiger partial charge in [0.1, 0.15) is 0 Å². The number of aliphatic hydroxyl groups excluding tert-OH is 1. The maximum atomic E-state index is 9.88. The average molecular weight is 325 g/mol. The van der Waals surface area contributed by atoms with Gasteiger partial charge in [-0.3, -0.25) is 4.99 Å². The van der Waals surface area contributed by atoms with E-state index in [1.165, 1.54) is 38.5 Å². The van der Waals surface area contributed by atoms with Gasteiger partial charge >= 0.3 is 0 Å². The highest BCUT2D eigenvalue weighted by Gasteiger charge is 2.24. The Labute approximate surface area is 141 Å². The minimum atomic E-state index is -0.166. The van der Waals surface area contributed by atoms with Crippen molar-refractivity contribution >= 4 is 5.96 Å². The Morgan fingerprint density at radius 1 is 1.04 bits per heavy atom. The normalized spacial score (nSPS) is 27.0. The van der Waals surface area contributed by atoms with Crippen molar-refractivity contribution in [3.8, 4) is 0 Å². The van der Waals surface area contributed by atoms with Gasteiger partial charge in [-0.05, 0) is 32.6 Å². The predicted molar refractivity (Wildman–Crippen MR) is 94.8 cm³/mol. The average Bonchev–Trinajstić information content (AvgIpc) is 2.80. The summed E-state index contributed by atoms with van der Waals surface area (Å²) in [4.78, 5) is 4.62. The van der Waals surface area contributed by atoms with Gasteiger partial charge in [-0.25, -0.2) is 0 Å². The summed E-state index contributed by atoms with van der Waals surface area (Å²) in [6, 6.07) is 0. The van der Waals surface area contributed by atoms with Crippen LogP contribution in [0.3, 0.4) is 0 Å². The van der Waals surface area contributed by atoms with E-state index in [0.29, 0.717) is 18.6 Å². The van der Waals surface area contributed by atoms with Crippen LogP contribution in [0.15, 0.2) is 4.99 Å². The molecule has 0 spiro atoms. The molecule has 0 aromatic rings. The third-order valence-corrected chi connectivity index (χ3v) is 5.00. The molecule has 0 radical (unpaired) electrons. The van der Waals surface area contributed by atoms with E-state index in [2.05, 4.69) is 22.5 Å². The standard InChI is InChI=1S/C18H35N3O2/c1-2-19-18(21-14-15-8-7-11-17(15)22)20-12-13-23-16-9-5-3-4-6-10-16/h15-17,22H,2-14H2,1H3,(H2,19,20,21). The van der Waals surface area contributed by atoms with Crippen molar-refractivity contribution in [1.29, 1.82) is 0 Å². The van der Waals surface area contributed by atoms with Gasteiger partial charge in [0.05, 0.1) is 18.8 Å². The molecule has 0 aromatic heterocycles. The van der Waals surface area contributed by atoms with E-state index < -0.39 is 0 Å². The molecule has 0 amide bonds. The van der Waals surface area contributed by atoms with Crippen LogP contribution in [0.2, 0.25) is 0 Å². The number of aliphatic hydroxyl groups is 1. The molecule has 2 aliphatic carbocycles. The largest absolute Gasteiger partial charge is 0.393 e. The Kier molecular flexibility index (Phi) is 8.76. The lowest BCUT2D eigenvalue weighted by Gasteiger charge is -2.17. The molecule has 2 fully saturated rings. The second-order valence-electron chi connectivity index (χ2n) is 6.89. The molecule has 2 rings (SSSR count). The number of rotatable bonds is 7. The molecule has 23 heavy (non-hydrogen) atoms. The van der Waals surface area contributed by atoms with Crippen molar-refractivity contribution in [2.75, 3.05) is 26.2 Å². The minimum Gasteiger partial charge on any atom is -0.393 e. The number of nitrogens with one attached hydrogen (secondary N) is 2. The molecule has 0 saturated heterocycles. The van der Waals surface area contributed by atoms with Crippen molar-refractivity contribution in [3.05, 3.63) is 0 Å². The SMILES string of the molecule is CCNC(=NCC1CCCC1O)NCCOC1CCCCCC1. The highest BCUT2D eigenvalue weighted by Crippen LogP contribution is 2.25. The van der Waals surface area contributed by atoms with Gasteiger partial charge in [0.2, 0.25) is 0 Å². The van der Waals surface area contributed by atoms with Crippen LogP contribution in [0.5, 0.6) is 0 Å². The zero-order valence-corrected chi connectivity index (χ0v) is 14.7. The van der Waals surface area contributed by atoms with Crippen LogP contribution in [0.4, 0.5) is 0 Å². The van der Waals surface area contributed by atoms with E-state index in [1.54, 1.807) is 0 Å². The summed E-state index contributed by atoms with van der Waals surface area (Å²) >= 11 is 0. The van der Waals surface area contributed by atoms with Crippen molar-refractivity contribution in [3.63, 3.8) is 0 Å². The predicted octanol–water partition coefficient (Wildman–Crippen LogP) is 2.44. The van der Waals surface area contributed by atoms with Gasteiger partial charge in [0.25, 0.3) is 0 Å². The third kappa shape index (κ3) is 7.08. The molecule has 2 atom stereocenters. The summed E-state index contributed by atoms with van der Waals surface area (Å²) in [5.41, 5.74) is 0. The quantitative estimate of drug-likeness (QED) is 0.291. The van der Waals surface area contributed by atoms with Gasteiger partial charge in [0.15, 0.2) is 5.96 Å². The van der Waals surface area contributed by atoms with Crippen LogP contribution in [0, 0.1) is 5.92 Å². The highest BCUT2D eigenvalue weighted by molar-refractivity contribution is 5.79. The molecule has 5 heteroatoms. The number of hydrogen-bond acceptors (Lipinski definition) is 3. The third-order valence-electron chi connectivity index (χ3n) is 5.00. The van der Waals surface area contributed by atoms with E-state index in [1.807, 2.05) is 0 Å². The fraction of sp³-hybridized carbons (Fsp3) is 0.944. The first-order chi connectivity index (χ1) is 11.3. The summed E-state index contributed by atoms with van der Waals surface area (Å²) in [5, 5.41) is 16.5. The molecule has 0 aliphatic heterocycles. The molecule has 2 saturated carbocycles. The maximum absolute atomic E-state index is 9.88. The van der Waals surface area contributed by atoms with Gasteiger partial charge in [-0.2, -0.15) is 0 Å². The number of ether oxygens (including phenoxy) is 1. The van der Waals surface area contributed by atoms with E-state index >= 15 is 0 Å². The van der Waals surface area contributed by atoms with E-state index in [0.717, 1.165) is 44.9 Å². The lowest BCUT2D eigenvalue weighted by Crippen LogP contribution is -2.39. The Bertz CT molecular complexity index is 341. The van der Waals surface area contributed by atoms with Crippen LogP contribution in [0.25, 0.3) is 0 Å². The number of aliphatic imine (C=N–C) groups is 1. The second-order valence-corrected chi connectivity index (χ2v) is 6.89. The van der Waals surface area contributed by atoms with Crippen LogP contribution in [-0.2, 0) is 4.74 Å². The fourth-order valence-electron chi connectivity index (χ4n) is 3.58. The molecule has 0 heterocycles. The Balaban J connectivity index is 1.65. The molecule has 2 unspecified atom stereocenters. The number of guanidine groups is 1. The van der Waals surface area contributed by atoms with Gasteiger partial charge < -0.3 is 20.5 Å². The first-order valence-electron chi connectivity index (χ1n) is 9.61. The zero-order valence-electron chi connectivity index (χ0n) is 14.7. The molecule has 134 valence electrons. The molecular weight excluding hydrogens is 290 g/mol. The van der Waals surface area contributed by atoms with Gasteiger partial charge in [-0.15, -0.1) is 0 Å². The first kappa shape index (κ1) is 18.5. The van der Waals surface area contributed by atoms with Crippen molar-refractivity contribution in [2.45, 2.75) is 76.9 Å². The molecule has 0 bridgehead atoms. The fourth-order valence-corrected chi connectivity index (χ4v) is 3.58. The van der Waals surface area contributed by atoms with Crippen molar-refractivity contribution < 1.29 is 9.84 Å². The minimum absolute atomic E-state index is 0.166. The van der Waals surface area contributed by atoms with E-state index in [-0.39, 0.29) is 6.10 Å². The maximum Gasteiger partial charge on any atom is 0.191 e. The smallest absolute Gasteiger partial charge is 0.191 e. The van der Waals surface area contributed by atoms with Crippen molar-refractivity contribution in [1.82, 2.24) is 10.6 Å². The van der Waals surface area contributed by atoms with Crippen LogP contribution in [0.1, 0.15) is 64.7 Å². The summed E-state index contributed by atoms with van der Waals surface area (Å²) in [6.45, 7) is 5.16. The lowest BCUT2D eigenvalue weighted by atomic mass is 10.1. The van der Waals surface area contributed by atoms with Crippen LogP contribution in [-0.4, -0.2) is 49.5 Å². The highest BCUT2D eigenvalue weighted by atomic mass is 16.5. The van der Waals surface area contributed by atoms with Crippen LogP contribution < -0.4 is 10.6 Å². The number of hydrogen-bond donors (Lipinski definition) is 3. The summed E-state index contributed by atoms with van der Waals surface area (Å²) in [5.74, 6) is 1.17. The van der Waals surface area contributed by atoms with Gasteiger partial charge in [0, 0.05) is 25.6 Å². The molecule has 3 N–H and O–H groups in total. The summed E-state index contributed by atoms with van der Waals surface area (Å²) < 4.78 is 6.00. The first-order valence-corrected chi connectivity index (χ1v) is 9.61. The van der Waals surface area contributed by atoms with Crippen LogP contribution >= 0.6 is 0 Å². The lowest BCUT2D eigenvalue weighted by molar-refractivity contribution is 0.0468. The Morgan fingerprint density at radius 3 is 2.48 bits per heavy atom. The zero-order chi connectivity index (χ0) is 16.3.